The molecule has 1 saturated heterocycles. The normalized spacial score (nSPS) is 18.8. The monoisotopic (exact) mass is 561 g/mol. The molecular weight excluding hydrogens is 525 g/mol. The second-order valence-electron chi connectivity index (χ2n) is 8.03. The molecule has 2 N–H and O–H groups in total. The number of allylic oxidation sites excluding steroid dienone is 1. The predicted octanol–water partition coefficient (Wildman–Crippen LogP) is 2.80. The minimum atomic E-state index is -3.50. The predicted molar refractivity (Wildman–Crippen MR) is 137 cm³/mol. The molecule has 1 aromatic carbocycles. The molecule has 1 aliphatic carbocycles. The maximum atomic E-state index is 13.2. The summed E-state index contributed by atoms with van der Waals surface area (Å²) in [6.07, 6.45) is 8.37. The first-order chi connectivity index (χ1) is 14.5. The van der Waals surface area contributed by atoms with Crippen LogP contribution >= 0.6 is 24.0 Å². The van der Waals surface area contributed by atoms with Crippen molar-refractivity contribution in [1.82, 2.24) is 19.8 Å². The first-order valence-corrected chi connectivity index (χ1v) is 12.3. The summed E-state index contributed by atoms with van der Waals surface area (Å²) >= 11 is 0. The Balaban J connectivity index is 0.00000341. The van der Waals surface area contributed by atoms with Crippen molar-refractivity contribution in [2.45, 2.75) is 43.5 Å². The molecule has 1 aliphatic heterocycles. The van der Waals surface area contributed by atoms with E-state index in [1.165, 1.54) is 31.3 Å². The fourth-order valence-electron chi connectivity index (χ4n) is 3.94. The van der Waals surface area contributed by atoms with Gasteiger partial charge in [-0.2, -0.15) is 4.31 Å². The Labute approximate surface area is 204 Å². The van der Waals surface area contributed by atoms with Crippen LogP contribution in [0.25, 0.3) is 0 Å². The van der Waals surface area contributed by atoms with Gasteiger partial charge in [0.25, 0.3) is 0 Å². The third kappa shape index (κ3) is 7.44. The molecule has 174 valence electrons. The SMILES string of the molecule is CN=C(NCCC1=CCCCC1)NCc1ccccc1S(=O)(=O)N1CCN(C)CC1.I. The van der Waals surface area contributed by atoms with Crippen LogP contribution in [-0.4, -0.2) is 70.4 Å². The molecule has 1 heterocycles. The maximum Gasteiger partial charge on any atom is 0.243 e. The molecule has 0 unspecified atom stereocenters. The van der Waals surface area contributed by atoms with Crippen molar-refractivity contribution in [3.63, 3.8) is 0 Å². The number of nitrogens with zero attached hydrogens (tertiary/aromatic N) is 3. The highest BCUT2D eigenvalue weighted by Gasteiger charge is 2.29. The highest BCUT2D eigenvalue weighted by molar-refractivity contribution is 14.0. The smallest absolute Gasteiger partial charge is 0.243 e. The zero-order chi connectivity index (χ0) is 21.4. The summed E-state index contributed by atoms with van der Waals surface area (Å²) in [5, 5.41) is 6.62. The average Bonchev–Trinajstić information content (AvgIpc) is 2.77. The fourth-order valence-corrected chi connectivity index (χ4v) is 5.59. The minimum Gasteiger partial charge on any atom is -0.356 e. The van der Waals surface area contributed by atoms with Crippen molar-refractivity contribution >= 4 is 40.0 Å². The van der Waals surface area contributed by atoms with E-state index < -0.39 is 10.0 Å². The summed E-state index contributed by atoms with van der Waals surface area (Å²) in [7, 11) is 0.254. The number of aliphatic imine (C=N–C) groups is 1. The highest BCUT2D eigenvalue weighted by Crippen LogP contribution is 2.22. The molecule has 2 aliphatic rings. The summed E-state index contributed by atoms with van der Waals surface area (Å²) < 4.78 is 28.0. The molecule has 0 bridgehead atoms. The molecule has 0 spiro atoms. The minimum absolute atomic E-state index is 0. The maximum absolute atomic E-state index is 13.2. The van der Waals surface area contributed by atoms with E-state index in [0.29, 0.717) is 30.5 Å². The number of likely N-dealkylation sites (N-methyl/N-ethyl adjacent to an activating group) is 1. The van der Waals surface area contributed by atoms with Gasteiger partial charge in [0.15, 0.2) is 5.96 Å². The van der Waals surface area contributed by atoms with Crippen molar-refractivity contribution in [1.29, 1.82) is 0 Å². The number of benzene rings is 1. The summed E-state index contributed by atoms with van der Waals surface area (Å²) in [5.74, 6) is 0.693. The molecule has 3 rings (SSSR count). The lowest BCUT2D eigenvalue weighted by atomic mass is 9.97. The van der Waals surface area contributed by atoms with Gasteiger partial charge in [-0.25, -0.2) is 8.42 Å². The molecule has 0 atom stereocenters. The molecule has 7 nitrogen and oxygen atoms in total. The van der Waals surface area contributed by atoms with E-state index in [9.17, 15) is 8.42 Å². The van der Waals surface area contributed by atoms with E-state index in [4.69, 9.17) is 0 Å². The van der Waals surface area contributed by atoms with Crippen LogP contribution in [0.5, 0.6) is 0 Å². The molecule has 1 fully saturated rings. The zero-order valence-corrected chi connectivity index (χ0v) is 21.8. The van der Waals surface area contributed by atoms with Crippen LogP contribution in [0, 0.1) is 0 Å². The van der Waals surface area contributed by atoms with Crippen molar-refractivity contribution in [3.05, 3.63) is 41.5 Å². The summed E-state index contributed by atoms with van der Waals surface area (Å²) in [6, 6.07) is 7.25. The van der Waals surface area contributed by atoms with Gasteiger partial charge in [-0.1, -0.05) is 29.8 Å². The molecule has 9 heteroatoms. The topological polar surface area (TPSA) is 77.0 Å². The van der Waals surface area contributed by atoms with Gasteiger partial charge in [-0.15, -0.1) is 24.0 Å². The third-order valence-corrected chi connectivity index (χ3v) is 7.85. The number of piperazine rings is 1. The van der Waals surface area contributed by atoms with Crippen LogP contribution in [0.3, 0.4) is 0 Å². The van der Waals surface area contributed by atoms with Crippen molar-refractivity contribution in [2.24, 2.45) is 4.99 Å². The molecule has 0 amide bonds. The lowest BCUT2D eigenvalue weighted by Gasteiger charge is -2.32. The molecule has 31 heavy (non-hydrogen) atoms. The fraction of sp³-hybridized carbons (Fsp3) is 0.591. The van der Waals surface area contributed by atoms with Crippen molar-refractivity contribution < 1.29 is 8.42 Å². The van der Waals surface area contributed by atoms with Crippen LogP contribution in [0.15, 0.2) is 45.8 Å². The first kappa shape index (κ1) is 26.1. The Morgan fingerprint density at radius 2 is 1.84 bits per heavy atom. The highest BCUT2D eigenvalue weighted by atomic mass is 127. The second kappa shape index (κ2) is 12.8. The van der Waals surface area contributed by atoms with Gasteiger partial charge in [0, 0.05) is 46.3 Å². The lowest BCUT2D eigenvalue weighted by molar-refractivity contribution is 0.222. The summed E-state index contributed by atoms with van der Waals surface area (Å²) in [5.41, 5.74) is 2.28. The number of nitrogens with one attached hydrogen (secondary N) is 2. The molecule has 1 aromatic rings. The molecule has 0 aromatic heterocycles. The van der Waals surface area contributed by atoms with Gasteiger partial charge >= 0.3 is 0 Å². The number of halogens is 1. The number of guanidine groups is 1. The van der Waals surface area contributed by atoms with Gasteiger partial charge in [0.1, 0.15) is 0 Å². The van der Waals surface area contributed by atoms with Crippen LogP contribution in [0.4, 0.5) is 0 Å². The summed E-state index contributed by atoms with van der Waals surface area (Å²) in [4.78, 5) is 6.82. The van der Waals surface area contributed by atoms with E-state index in [2.05, 4.69) is 26.6 Å². The van der Waals surface area contributed by atoms with Crippen LogP contribution in [-0.2, 0) is 16.6 Å². The van der Waals surface area contributed by atoms with Crippen molar-refractivity contribution in [2.75, 3.05) is 46.8 Å². The van der Waals surface area contributed by atoms with E-state index in [1.54, 1.807) is 23.5 Å². The molecule has 0 radical (unpaired) electrons. The van der Waals surface area contributed by atoms with E-state index in [0.717, 1.165) is 31.6 Å². The lowest BCUT2D eigenvalue weighted by Crippen LogP contribution is -2.47. The average molecular weight is 562 g/mol. The molecule has 0 saturated carbocycles. The van der Waals surface area contributed by atoms with E-state index >= 15 is 0 Å². The first-order valence-electron chi connectivity index (χ1n) is 10.9. The number of hydrogen-bond donors (Lipinski definition) is 2. The van der Waals surface area contributed by atoms with E-state index in [1.807, 2.05) is 19.2 Å². The van der Waals surface area contributed by atoms with Crippen LogP contribution < -0.4 is 10.6 Å². The van der Waals surface area contributed by atoms with Gasteiger partial charge < -0.3 is 15.5 Å². The van der Waals surface area contributed by atoms with Gasteiger partial charge in [-0.05, 0) is 50.8 Å². The zero-order valence-electron chi connectivity index (χ0n) is 18.6. The Bertz CT molecular complexity index is 864. The Hall–Kier alpha value is -1.17. The van der Waals surface area contributed by atoms with Gasteiger partial charge in [-0.3, -0.25) is 4.99 Å². The Morgan fingerprint density at radius 1 is 1.10 bits per heavy atom. The molecular formula is C22H36IN5O2S. The quantitative estimate of drug-likeness (QED) is 0.232. The number of sulfonamides is 1. The summed E-state index contributed by atoms with van der Waals surface area (Å²) in [6.45, 7) is 3.80. The Morgan fingerprint density at radius 3 is 2.52 bits per heavy atom. The second-order valence-corrected chi connectivity index (χ2v) is 9.93. The van der Waals surface area contributed by atoms with E-state index in [-0.39, 0.29) is 24.0 Å². The van der Waals surface area contributed by atoms with Crippen molar-refractivity contribution in [3.8, 4) is 0 Å². The standard InChI is InChI=1S/C22H35N5O2S.HI/c1-23-22(24-13-12-19-8-4-3-5-9-19)25-18-20-10-6-7-11-21(20)30(28,29)27-16-14-26(2)15-17-27;/h6-8,10-11H,3-5,9,12-18H2,1-2H3,(H2,23,24,25);1H. The number of rotatable bonds is 7. The number of hydrogen-bond acceptors (Lipinski definition) is 4. The Kier molecular flexibility index (Phi) is 10.7. The van der Waals surface area contributed by atoms with Gasteiger partial charge in [0.05, 0.1) is 4.90 Å². The third-order valence-electron chi connectivity index (χ3n) is 5.85. The van der Waals surface area contributed by atoms with Crippen LogP contribution in [0.2, 0.25) is 0 Å². The van der Waals surface area contributed by atoms with Gasteiger partial charge in [0.2, 0.25) is 10.0 Å². The van der Waals surface area contributed by atoms with Crippen LogP contribution in [0.1, 0.15) is 37.7 Å². The largest absolute Gasteiger partial charge is 0.356 e.